The fourth-order valence-corrected chi connectivity index (χ4v) is 3.31. The second-order valence-electron chi connectivity index (χ2n) is 5.98. The summed E-state index contributed by atoms with van der Waals surface area (Å²) in [6, 6.07) is 1.61. The molecule has 0 radical (unpaired) electrons. The Labute approximate surface area is 124 Å². The molecule has 6 nitrogen and oxygen atoms in total. The Kier molecular flexibility index (Phi) is 4.34. The molecule has 1 aliphatic carbocycles. The molecule has 6 heteroatoms. The van der Waals surface area contributed by atoms with Crippen molar-refractivity contribution in [2.45, 2.75) is 44.2 Å². The highest BCUT2D eigenvalue weighted by Crippen LogP contribution is 2.25. The first-order chi connectivity index (χ1) is 10.2. The number of hydrogen-bond acceptors (Lipinski definition) is 5. The minimum atomic E-state index is -0.187. The van der Waals surface area contributed by atoms with Gasteiger partial charge in [0.2, 0.25) is 11.9 Å². The van der Waals surface area contributed by atoms with Crippen LogP contribution < -0.4 is 10.2 Å². The molecule has 2 fully saturated rings. The molecule has 1 saturated carbocycles. The molecule has 2 N–H and O–H groups in total. The predicted molar refractivity (Wildman–Crippen MR) is 78.8 cm³/mol. The number of amides is 1. The number of nitrogens with zero attached hydrogens (tertiary/aromatic N) is 3. The van der Waals surface area contributed by atoms with Crippen molar-refractivity contribution in [3.63, 3.8) is 0 Å². The molecular formula is C15H22N4O2. The molecule has 0 aromatic carbocycles. The lowest BCUT2D eigenvalue weighted by Gasteiger charge is -2.24. The fourth-order valence-electron chi connectivity index (χ4n) is 3.31. The number of carbonyl (C=O) groups excluding carboxylic acids is 1. The highest BCUT2D eigenvalue weighted by molar-refractivity contribution is 5.85. The minimum Gasteiger partial charge on any atom is -0.393 e. The Morgan fingerprint density at radius 2 is 2.14 bits per heavy atom. The molecule has 114 valence electrons. The van der Waals surface area contributed by atoms with Gasteiger partial charge in [-0.1, -0.05) is 0 Å². The van der Waals surface area contributed by atoms with Gasteiger partial charge in [0.15, 0.2) is 0 Å². The third-order valence-corrected chi connectivity index (χ3v) is 4.44. The van der Waals surface area contributed by atoms with Crippen LogP contribution in [-0.2, 0) is 4.79 Å². The molecule has 1 aromatic heterocycles. The maximum absolute atomic E-state index is 12.4. The summed E-state index contributed by atoms with van der Waals surface area (Å²) in [6.45, 7) is 1.49. The molecule has 1 saturated heterocycles. The van der Waals surface area contributed by atoms with E-state index in [1.54, 1.807) is 18.5 Å². The number of aliphatic hydroxyl groups excluding tert-OH is 1. The van der Waals surface area contributed by atoms with Crippen molar-refractivity contribution in [1.29, 1.82) is 0 Å². The fraction of sp³-hybridized carbons (Fsp3) is 0.667. The SMILES string of the molecule is O=C(NCC1CCC(O)C1)C1CCCN1c1ncccn1. The van der Waals surface area contributed by atoms with Crippen molar-refractivity contribution >= 4 is 11.9 Å². The predicted octanol–water partition coefficient (Wildman–Crippen LogP) is 0.723. The van der Waals surface area contributed by atoms with E-state index in [4.69, 9.17) is 0 Å². The lowest BCUT2D eigenvalue weighted by molar-refractivity contribution is -0.122. The van der Waals surface area contributed by atoms with Crippen LogP contribution in [0.4, 0.5) is 5.95 Å². The van der Waals surface area contributed by atoms with Gasteiger partial charge < -0.3 is 15.3 Å². The first kappa shape index (κ1) is 14.3. The minimum absolute atomic E-state index is 0.0568. The highest BCUT2D eigenvalue weighted by Gasteiger charge is 2.33. The van der Waals surface area contributed by atoms with Crippen LogP contribution in [0.5, 0.6) is 0 Å². The molecule has 2 aliphatic rings. The van der Waals surface area contributed by atoms with E-state index in [9.17, 15) is 9.90 Å². The van der Waals surface area contributed by atoms with Crippen LogP contribution >= 0.6 is 0 Å². The quantitative estimate of drug-likeness (QED) is 0.854. The molecule has 21 heavy (non-hydrogen) atoms. The highest BCUT2D eigenvalue weighted by atomic mass is 16.3. The number of rotatable bonds is 4. The van der Waals surface area contributed by atoms with E-state index in [0.29, 0.717) is 18.4 Å². The van der Waals surface area contributed by atoms with Gasteiger partial charge in [-0.2, -0.15) is 0 Å². The van der Waals surface area contributed by atoms with Crippen molar-refractivity contribution in [2.24, 2.45) is 5.92 Å². The van der Waals surface area contributed by atoms with Crippen molar-refractivity contribution in [3.8, 4) is 0 Å². The molecule has 0 bridgehead atoms. The van der Waals surface area contributed by atoms with Crippen LogP contribution in [0.2, 0.25) is 0 Å². The number of aliphatic hydroxyl groups is 1. The summed E-state index contributed by atoms with van der Waals surface area (Å²) in [4.78, 5) is 22.9. The topological polar surface area (TPSA) is 78.4 Å². The molecule has 3 atom stereocenters. The van der Waals surface area contributed by atoms with Gasteiger partial charge in [0.05, 0.1) is 6.10 Å². The smallest absolute Gasteiger partial charge is 0.242 e. The van der Waals surface area contributed by atoms with E-state index in [2.05, 4.69) is 15.3 Å². The Morgan fingerprint density at radius 1 is 1.33 bits per heavy atom. The molecule has 3 unspecified atom stereocenters. The average Bonchev–Trinajstić information content (AvgIpc) is 3.14. The molecule has 3 rings (SSSR count). The number of carbonyl (C=O) groups is 1. The number of hydrogen-bond donors (Lipinski definition) is 2. The lowest BCUT2D eigenvalue weighted by Crippen LogP contribution is -2.45. The van der Waals surface area contributed by atoms with Gasteiger partial charge in [-0.05, 0) is 44.1 Å². The number of anilines is 1. The Bertz CT molecular complexity index is 482. The zero-order chi connectivity index (χ0) is 14.7. The van der Waals surface area contributed by atoms with E-state index < -0.39 is 0 Å². The summed E-state index contributed by atoms with van der Waals surface area (Å²) in [7, 11) is 0. The summed E-state index contributed by atoms with van der Waals surface area (Å²) < 4.78 is 0. The molecule has 2 heterocycles. The van der Waals surface area contributed by atoms with Gasteiger partial charge >= 0.3 is 0 Å². The first-order valence-corrected chi connectivity index (χ1v) is 7.73. The summed E-state index contributed by atoms with van der Waals surface area (Å²) >= 11 is 0. The zero-order valence-electron chi connectivity index (χ0n) is 12.1. The van der Waals surface area contributed by atoms with Gasteiger partial charge in [-0.25, -0.2) is 9.97 Å². The van der Waals surface area contributed by atoms with Crippen molar-refractivity contribution in [1.82, 2.24) is 15.3 Å². The maximum atomic E-state index is 12.4. The molecule has 1 amide bonds. The van der Waals surface area contributed by atoms with Gasteiger partial charge in [0.1, 0.15) is 6.04 Å². The van der Waals surface area contributed by atoms with Crippen LogP contribution in [0.25, 0.3) is 0 Å². The Morgan fingerprint density at radius 3 is 2.86 bits per heavy atom. The Hall–Kier alpha value is -1.69. The Balaban J connectivity index is 1.56. The second-order valence-corrected chi connectivity index (χ2v) is 5.98. The van der Waals surface area contributed by atoms with Crippen LogP contribution in [0.1, 0.15) is 32.1 Å². The zero-order valence-corrected chi connectivity index (χ0v) is 12.1. The summed E-state index contributed by atoms with van der Waals surface area (Å²) in [5, 5.41) is 12.6. The average molecular weight is 290 g/mol. The van der Waals surface area contributed by atoms with Crippen LogP contribution in [0.3, 0.4) is 0 Å². The van der Waals surface area contributed by atoms with E-state index in [-0.39, 0.29) is 18.1 Å². The monoisotopic (exact) mass is 290 g/mol. The van der Waals surface area contributed by atoms with Crippen molar-refractivity contribution in [2.75, 3.05) is 18.0 Å². The van der Waals surface area contributed by atoms with Crippen LogP contribution in [0.15, 0.2) is 18.5 Å². The standard InChI is InChI=1S/C15H22N4O2/c20-12-5-4-11(9-12)10-18-14(21)13-3-1-8-19(13)15-16-6-2-7-17-15/h2,6-7,11-13,20H,1,3-5,8-10H2,(H,18,21). The second kappa shape index (κ2) is 6.39. The van der Waals surface area contributed by atoms with E-state index in [1.807, 2.05) is 4.90 Å². The van der Waals surface area contributed by atoms with Crippen molar-refractivity contribution in [3.05, 3.63) is 18.5 Å². The molecular weight excluding hydrogens is 268 g/mol. The van der Waals surface area contributed by atoms with E-state index in [0.717, 1.165) is 38.6 Å². The summed E-state index contributed by atoms with van der Waals surface area (Å²) in [6.07, 6.45) is 7.70. The molecule has 1 aromatic rings. The third kappa shape index (κ3) is 3.32. The molecule has 1 aliphatic heterocycles. The lowest BCUT2D eigenvalue weighted by atomic mass is 10.1. The first-order valence-electron chi connectivity index (χ1n) is 7.73. The number of aromatic nitrogens is 2. The van der Waals surface area contributed by atoms with Crippen molar-refractivity contribution < 1.29 is 9.90 Å². The molecule has 0 spiro atoms. The van der Waals surface area contributed by atoms with Gasteiger partial charge in [0, 0.05) is 25.5 Å². The van der Waals surface area contributed by atoms with Gasteiger partial charge in [-0.15, -0.1) is 0 Å². The van der Waals surface area contributed by atoms with Crippen LogP contribution in [-0.4, -0.2) is 46.2 Å². The summed E-state index contributed by atoms with van der Waals surface area (Å²) in [5.74, 6) is 1.10. The van der Waals surface area contributed by atoms with Crippen LogP contribution in [0, 0.1) is 5.92 Å². The number of nitrogens with one attached hydrogen (secondary N) is 1. The van der Waals surface area contributed by atoms with E-state index in [1.165, 1.54) is 0 Å². The third-order valence-electron chi connectivity index (χ3n) is 4.44. The maximum Gasteiger partial charge on any atom is 0.242 e. The normalized spacial score (nSPS) is 28.8. The summed E-state index contributed by atoms with van der Waals surface area (Å²) in [5.41, 5.74) is 0. The van der Waals surface area contributed by atoms with Gasteiger partial charge in [-0.3, -0.25) is 4.79 Å². The van der Waals surface area contributed by atoms with E-state index >= 15 is 0 Å². The largest absolute Gasteiger partial charge is 0.393 e. The van der Waals surface area contributed by atoms with Gasteiger partial charge in [0.25, 0.3) is 0 Å².